The number of furan rings is 1. The molecule has 0 aliphatic carbocycles. The smallest absolute Gasteiger partial charge is 0.190 e. The van der Waals surface area contributed by atoms with Gasteiger partial charge in [-0.2, -0.15) is 0 Å². The van der Waals surface area contributed by atoms with E-state index in [2.05, 4.69) is 0 Å². The van der Waals surface area contributed by atoms with E-state index in [9.17, 15) is 9.90 Å². The minimum absolute atomic E-state index is 0.0747. The molecule has 3 rings (SSSR count). The average Bonchev–Trinajstić information content (AvgIpc) is 2.78. The number of methoxy groups -OCH3 is 2. The Balaban J connectivity index is 2.40. The van der Waals surface area contributed by atoms with Crippen LogP contribution in [0.1, 0.15) is 11.5 Å². The molecule has 0 atom stereocenters. The van der Waals surface area contributed by atoms with Crippen molar-refractivity contribution in [2.45, 2.75) is 13.8 Å². The van der Waals surface area contributed by atoms with Crippen LogP contribution >= 0.6 is 22.6 Å². The summed E-state index contributed by atoms with van der Waals surface area (Å²) < 4.78 is 17.0. The van der Waals surface area contributed by atoms with Crippen LogP contribution in [-0.4, -0.2) is 19.3 Å². The molecule has 0 aliphatic heterocycles. The zero-order valence-electron chi connectivity index (χ0n) is 14.3. The van der Waals surface area contributed by atoms with Crippen molar-refractivity contribution in [1.82, 2.24) is 0 Å². The van der Waals surface area contributed by atoms with Gasteiger partial charge >= 0.3 is 0 Å². The first-order valence-electron chi connectivity index (χ1n) is 7.56. The highest BCUT2D eigenvalue weighted by atomic mass is 127. The summed E-state index contributed by atoms with van der Waals surface area (Å²) in [6, 6.07) is 6.84. The van der Waals surface area contributed by atoms with Gasteiger partial charge in [0.2, 0.25) is 0 Å². The number of fused-ring (bicyclic) bond motifs is 1. The van der Waals surface area contributed by atoms with E-state index < -0.39 is 0 Å². The van der Waals surface area contributed by atoms with Crippen molar-refractivity contribution < 1.29 is 19.0 Å². The minimum atomic E-state index is -0.148. The van der Waals surface area contributed by atoms with Crippen molar-refractivity contribution >= 4 is 33.4 Å². The van der Waals surface area contributed by atoms with E-state index in [1.165, 1.54) is 7.11 Å². The second-order valence-electron chi connectivity index (χ2n) is 5.65. The summed E-state index contributed by atoms with van der Waals surface area (Å²) in [5, 5.41) is 11.2. The molecule has 0 bridgehead atoms. The maximum Gasteiger partial charge on any atom is 0.190 e. The number of halogens is 1. The van der Waals surface area contributed by atoms with Crippen molar-refractivity contribution in [3.05, 3.63) is 49.6 Å². The predicted octanol–water partition coefficient (Wildman–Crippen LogP) is 4.40. The minimum Gasteiger partial charge on any atom is -0.504 e. The third-order valence-corrected chi connectivity index (χ3v) is 4.95. The molecule has 0 saturated heterocycles. The van der Waals surface area contributed by atoms with Crippen molar-refractivity contribution in [2.24, 2.45) is 0 Å². The normalized spacial score (nSPS) is 10.9. The van der Waals surface area contributed by atoms with Gasteiger partial charge in [-0.3, -0.25) is 4.79 Å². The molecule has 0 aliphatic rings. The fraction of sp³-hybridized carbons (Fsp3) is 0.211. The lowest BCUT2D eigenvalue weighted by Gasteiger charge is -2.09. The summed E-state index contributed by atoms with van der Waals surface area (Å²) in [7, 11) is 3.05. The summed E-state index contributed by atoms with van der Waals surface area (Å²) in [5.41, 5.74) is 1.28. The van der Waals surface area contributed by atoms with Gasteiger partial charge in [0.15, 0.2) is 16.9 Å². The molecule has 0 fully saturated rings. The Hall–Kier alpha value is -2.22. The van der Waals surface area contributed by atoms with Crippen molar-refractivity contribution in [3.63, 3.8) is 0 Å². The van der Waals surface area contributed by atoms with Crippen LogP contribution in [0.3, 0.4) is 0 Å². The highest BCUT2D eigenvalue weighted by molar-refractivity contribution is 14.1. The van der Waals surface area contributed by atoms with Gasteiger partial charge < -0.3 is 19.0 Å². The molecule has 0 amide bonds. The molecular formula is C19H17IO5. The van der Waals surface area contributed by atoms with Crippen LogP contribution in [0.2, 0.25) is 0 Å². The standard InChI is InChI=1S/C19H17IO5/c1-9-17-14(21)6-12(7-15(23-3)18(17)10(2)25-9)11-5-13(20)19(22)16(8-11)24-4/h5-8,22H,1-4H3. The monoisotopic (exact) mass is 452 g/mol. The molecule has 130 valence electrons. The average molecular weight is 452 g/mol. The lowest BCUT2D eigenvalue weighted by Crippen LogP contribution is -1.96. The molecule has 0 spiro atoms. The molecule has 6 heteroatoms. The molecule has 1 heterocycles. The number of ether oxygens (including phenoxy) is 2. The number of hydrogen-bond donors (Lipinski definition) is 1. The summed E-state index contributed by atoms with van der Waals surface area (Å²) >= 11 is 2.03. The number of phenols is 1. The molecule has 3 aromatic rings. The number of benzene rings is 1. The Morgan fingerprint density at radius 2 is 1.48 bits per heavy atom. The van der Waals surface area contributed by atoms with Crippen LogP contribution in [0.5, 0.6) is 17.2 Å². The van der Waals surface area contributed by atoms with Crippen LogP contribution in [0.25, 0.3) is 21.9 Å². The van der Waals surface area contributed by atoms with Crippen LogP contribution in [-0.2, 0) is 0 Å². The van der Waals surface area contributed by atoms with Crippen molar-refractivity contribution in [3.8, 4) is 28.4 Å². The van der Waals surface area contributed by atoms with Gasteiger partial charge in [0.1, 0.15) is 17.3 Å². The van der Waals surface area contributed by atoms with Gasteiger partial charge in [-0.15, -0.1) is 0 Å². The van der Waals surface area contributed by atoms with E-state index in [0.717, 1.165) is 5.56 Å². The third-order valence-electron chi connectivity index (χ3n) is 4.13. The van der Waals surface area contributed by atoms with E-state index in [-0.39, 0.29) is 11.2 Å². The first-order valence-corrected chi connectivity index (χ1v) is 8.64. The van der Waals surface area contributed by atoms with Gasteiger partial charge in [0.05, 0.1) is 28.6 Å². The topological polar surface area (TPSA) is 68.9 Å². The summed E-state index contributed by atoms with van der Waals surface area (Å²) in [5.74, 6) is 2.19. The zero-order chi connectivity index (χ0) is 18.3. The Bertz CT molecular complexity index is 1040. The predicted molar refractivity (Wildman–Crippen MR) is 105 cm³/mol. The maximum absolute atomic E-state index is 12.8. The van der Waals surface area contributed by atoms with Gasteiger partial charge in [-0.05, 0) is 71.8 Å². The number of aromatic hydroxyl groups is 1. The van der Waals surface area contributed by atoms with Crippen molar-refractivity contribution in [1.29, 1.82) is 0 Å². The summed E-state index contributed by atoms with van der Waals surface area (Å²) in [6.45, 7) is 3.58. The van der Waals surface area contributed by atoms with E-state index in [1.54, 1.807) is 38.3 Å². The fourth-order valence-electron chi connectivity index (χ4n) is 2.97. The van der Waals surface area contributed by atoms with Gasteiger partial charge in [0.25, 0.3) is 0 Å². The molecule has 1 aromatic heterocycles. The molecular weight excluding hydrogens is 435 g/mol. The van der Waals surface area contributed by atoms with Crippen LogP contribution < -0.4 is 14.9 Å². The Morgan fingerprint density at radius 1 is 0.920 bits per heavy atom. The van der Waals surface area contributed by atoms with E-state index in [1.807, 2.05) is 29.5 Å². The number of rotatable bonds is 3. The molecule has 0 saturated carbocycles. The van der Waals surface area contributed by atoms with Crippen LogP contribution in [0.15, 0.2) is 33.5 Å². The lowest BCUT2D eigenvalue weighted by atomic mass is 10.1. The first-order chi connectivity index (χ1) is 11.9. The molecule has 5 nitrogen and oxygen atoms in total. The van der Waals surface area contributed by atoms with E-state index in [0.29, 0.717) is 42.9 Å². The number of aryl methyl sites for hydroxylation is 2. The maximum atomic E-state index is 12.8. The van der Waals surface area contributed by atoms with Gasteiger partial charge in [-0.25, -0.2) is 0 Å². The van der Waals surface area contributed by atoms with Crippen LogP contribution in [0.4, 0.5) is 0 Å². The Kier molecular flexibility index (Phi) is 4.64. The summed E-state index contributed by atoms with van der Waals surface area (Å²) in [4.78, 5) is 12.8. The van der Waals surface area contributed by atoms with Crippen LogP contribution in [0, 0.1) is 17.4 Å². The SMILES string of the molecule is COc1cc(-c2cc(OC)c3c(C)oc(C)c3c(=O)c2)cc(I)c1O. The number of hydrogen-bond acceptors (Lipinski definition) is 5. The molecule has 2 aromatic carbocycles. The zero-order valence-corrected chi connectivity index (χ0v) is 16.4. The largest absolute Gasteiger partial charge is 0.504 e. The summed E-state index contributed by atoms with van der Waals surface area (Å²) in [6.07, 6.45) is 0. The number of phenolic OH excluding ortho intramolecular Hbond substituents is 1. The second kappa shape index (κ2) is 6.59. The van der Waals surface area contributed by atoms with E-state index >= 15 is 0 Å². The van der Waals surface area contributed by atoms with E-state index in [4.69, 9.17) is 13.9 Å². The lowest BCUT2D eigenvalue weighted by molar-refractivity contribution is 0.372. The highest BCUT2D eigenvalue weighted by Gasteiger charge is 2.17. The highest BCUT2D eigenvalue weighted by Crippen LogP contribution is 2.38. The molecule has 25 heavy (non-hydrogen) atoms. The fourth-order valence-corrected chi connectivity index (χ4v) is 3.57. The van der Waals surface area contributed by atoms with Gasteiger partial charge in [0, 0.05) is 0 Å². The third kappa shape index (κ3) is 2.95. The second-order valence-corrected chi connectivity index (χ2v) is 6.81. The van der Waals surface area contributed by atoms with Gasteiger partial charge in [-0.1, -0.05) is 0 Å². The quantitative estimate of drug-likeness (QED) is 0.597. The first kappa shape index (κ1) is 17.6. The molecule has 1 N–H and O–H groups in total. The Labute approximate surface area is 158 Å². The molecule has 0 radical (unpaired) electrons. The van der Waals surface area contributed by atoms with Crippen molar-refractivity contribution in [2.75, 3.05) is 14.2 Å². The molecule has 0 unspecified atom stereocenters. The Morgan fingerprint density at radius 3 is 2.12 bits per heavy atom.